The first-order chi connectivity index (χ1) is 12.6. The second-order valence-electron chi connectivity index (χ2n) is 5.86. The van der Waals surface area contributed by atoms with Gasteiger partial charge in [0, 0.05) is 12.1 Å². The molecule has 1 aliphatic heterocycles. The fraction of sp³-hybridized carbons (Fsp3) is 0.105. The van der Waals surface area contributed by atoms with Crippen LogP contribution in [-0.4, -0.2) is 21.7 Å². The van der Waals surface area contributed by atoms with Crippen LogP contribution >= 0.6 is 11.3 Å². The number of carbonyl (C=O) groups is 2. The minimum atomic E-state index is -0.830. The molecule has 0 saturated carbocycles. The van der Waals surface area contributed by atoms with Crippen molar-refractivity contribution < 1.29 is 14.0 Å². The van der Waals surface area contributed by atoms with E-state index in [2.05, 4.69) is 10.3 Å². The Hall–Kier alpha value is -3.06. The van der Waals surface area contributed by atoms with E-state index in [0.29, 0.717) is 17.7 Å². The molecule has 4 rings (SSSR count). The lowest BCUT2D eigenvalue weighted by molar-refractivity contribution is -0.120. The molecule has 0 saturated heterocycles. The monoisotopic (exact) mass is 367 g/mol. The Morgan fingerprint density at radius 1 is 1.15 bits per heavy atom. The number of fused-ring (bicyclic) bond motifs is 1. The zero-order valence-corrected chi connectivity index (χ0v) is 14.4. The molecule has 0 radical (unpaired) electrons. The number of nitrogens with one attached hydrogen (secondary N) is 1. The van der Waals surface area contributed by atoms with Crippen molar-refractivity contribution >= 4 is 28.3 Å². The number of amides is 2. The first-order valence-electron chi connectivity index (χ1n) is 7.99. The van der Waals surface area contributed by atoms with E-state index >= 15 is 0 Å². The summed E-state index contributed by atoms with van der Waals surface area (Å²) in [5.41, 5.74) is 2.16. The standard InChI is InChI=1S/C19H14FN3O2S/c20-15-10-21-19(26-15)22-17(24)16(12-6-2-1-3-7-12)23-11-13-8-4-5-9-14(13)18(23)25/h1-10,16H,11H2,(H,21,22,24)/t16-/m0/s1. The third-order valence-electron chi connectivity index (χ3n) is 4.23. The molecule has 5 nitrogen and oxygen atoms in total. The van der Waals surface area contributed by atoms with Crippen molar-refractivity contribution in [2.24, 2.45) is 0 Å². The summed E-state index contributed by atoms with van der Waals surface area (Å²) >= 11 is 0.746. The smallest absolute Gasteiger partial charge is 0.255 e. The lowest BCUT2D eigenvalue weighted by Gasteiger charge is -2.27. The number of hydrogen-bond acceptors (Lipinski definition) is 4. The molecule has 0 spiro atoms. The van der Waals surface area contributed by atoms with E-state index in [9.17, 15) is 14.0 Å². The van der Waals surface area contributed by atoms with Gasteiger partial charge in [0.15, 0.2) is 10.3 Å². The molecular formula is C19H14FN3O2S. The van der Waals surface area contributed by atoms with Gasteiger partial charge in [-0.3, -0.25) is 14.9 Å². The van der Waals surface area contributed by atoms with E-state index in [1.807, 2.05) is 30.3 Å². The number of aromatic nitrogens is 1. The van der Waals surface area contributed by atoms with Crippen LogP contribution in [0.3, 0.4) is 0 Å². The molecule has 3 aromatic rings. The van der Waals surface area contributed by atoms with Crippen LogP contribution in [0.1, 0.15) is 27.5 Å². The maximum Gasteiger partial charge on any atom is 0.255 e. The van der Waals surface area contributed by atoms with Gasteiger partial charge in [-0.1, -0.05) is 59.9 Å². The first kappa shape index (κ1) is 16.4. The average Bonchev–Trinajstić information content (AvgIpc) is 3.20. The number of halogens is 1. The highest BCUT2D eigenvalue weighted by Gasteiger charge is 2.37. The van der Waals surface area contributed by atoms with Crippen LogP contribution in [0.15, 0.2) is 60.8 Å². The minimum Gasteiger partial charge on any atom is -0.318 e. The van der Waals surface area contributed by atoms with Crippen LogP contribution in [0.25, 0.3) is 0 Å². The molecule has 1 N–H and O–H groups in total. The van der Waals surface area contributed by atoms with Gasteiger partial charge in [-0.25, -0.2) is 4.98 Å². The summed E-state index contributed by atoms with van der Waals surface area (Å²) < 4.78 is 13.2. The quantitative estimate of drug-likeness (QED) is 0.766. The molecule has 1 atom stereocenters. The summed E-state index contributed by atoms with van der Waals surface area (Å²) in [6, 6.07) is 15.5. The van der Waals surface area contributed by atoms with E-state index in [4.69, 9.17) is 0 Å². The predicted molar refractivity (Wildman–Crippen MR) is 96.2 cm³/mol. The lowest BCUT2D eigenvalue weighted by Crippen LogP contribution is -2.37. The highest BCUT2D eigenvalue weighted by molar-refractivity contribution is 7.14. The summed E-state index contributed by atoms with van der Waals surface area (Å²) in [4.78, 5) is 31.1. The molecule has 2 aromatic carbocycles. The second-order valence-corrected chi connectivity index (χ2v) is 6.84. The fourth-order valence-corrected chi connectivity index (χ4v) is 3.63. The Bertz CT molecular complexity index is 974. The van der Waals surface area contributed by atoms with Crippen LogP contribution in [0.2, 0.25) is 0 Å². The second kappa shape index (κ2) is 6.68. The summed E-state index contributed by atoms with van der Waals surface area (Å²) in [5.74, 6) is -0.623. The predicted octanol–water partition coefficient (Wildman–Crippen LogP) is 3.62. The molecule has 0 unspecified atom stereocenters. The number of thiazole rings is 1. The molecule has 2 heterocycles. The summed E-state index contributed by atoms with van der Waals surface area (Å²) in [6.45, 7) is 0.341. The Morgan fingerprint density at radius 2 is 1.88 bits per heavy atom. The molecule has 2 amide bonds. The first-order valence-corrected chi connectivity index (χ1v) is 8.81. The Kier molecular flexibility index (Phi) is 4.22. The molecule has 0 bridgehead atoms. The van der Waals surface area contributed by atoms with Crippen molar-refractivity contribution in [2.45, 2.75) is 12.6 Å². The molecule has 0 aliphatic carbocycles. The number of rotatable bonds is 4. The van der Waals surface area contributed by atoms with Crippen LogP contribution in [-0.2, 0) is 11.3 Å². The third-order valence-corrected chi connectivity index (χ3v) is 4.93. The van der Waals surface area contributed by atoms with Crippen molar-refractivity contribution in [3.05, 3.63) is 82.6 Å². The van der Waals surface area contributed by atoms with Crippen molar-refractivity contribution in [2.75, 3.05) is 5.32 Å². The summed E-state index contributed by atoms with van der Waals surface area (Å²) in [5, 5.41) is 2.30. The minimum absolute atomic E-state index is 0.164. The SMILES string of the molecule is O=C(Nc1ncc(F)s1)[C@H](c1ccccc1)N1Cc2ccccc2C1=O. The number of anilines is 1. The van der Waals surface area contributed by atoms with Crippen molar-refractivity contribution in [1.29, 1.82) is 0 Å². The third kappa shape index (κ3) is 2.97. The maximum atomic E-state index is 13.2. The van der Waals surface area contributed by atoms with Gasteiger partial charge in [-0.15, -0.1) is 0 Å². The number of nitrogens with zero attached hydrogens (tertiary/aromatic N) is 2. The maximum absolute atomic E-state index is 13.2. The Morgan fingerprint density at radius 3 is 2.58 bits per heavy atom. The van der Waals surface area contributed by atoms with Gasteiger partial charge >= 0.3 is 0 Å². The van der Waals surface area contributed by atoms with Crippen LogP contribution < -0.4 is 5.32 Å². The lowest BCUT2D eigenvalue weighted by atomic mass is 10.0. The van der Waals surface area contributed by atoms with Crippen molar-refractivity contribution in [3.8, 4) is 0 Å². The zero-order valence-electron chi connectivity index (χ0n) is 13.6. The fourth-order valence-electron chi connectivity index (χ4n) is 3.08. The van der Waals surface area contributed by atoms with E-state index in [1.54, 1.807) is 24.3 Å². The van der Waals surface area contributed by atoms with E-state index in [0.717, 1.165) is 23.1 Å². The van der Waals surface area contributed by atoms with Gasteiger partial charge in [-0.05, 0) is 17.2 Å². The molecule has 130 valence electrons. The Labute approximate surface area is 153 Å². The molecule has 7 heteroatoms. The average molecular weight is 367 g/mol. The van der Waals surface area contributed by atoms with Gasteiger partial charge in [0.25, 0.3) is 11.8 Å². The normalized spacial score (nSPS) is 14.2. The largest absolute Gasteiger partial charge is 0.318 e. The van der Waals surface area contributed by atoms with Gasteiger partial charge in [-0.2, -0.15) is 4.39 Å². The van der Waals surface area contributed by atoms with Gasteiger partial charge in [0.05, 0.1) is 6.20 Å². The van der Waals surface area contributed by atoms with Gasteiger partial charge < -0.3 is 4.90 Å². The highest BCUT2D eigenvalue weighted by atomic mass is 32.1. The van der Waals surface area contributed by atoms with Crippen LogP contribution in [0.4, 0.5) is 9.52 Å². The molecular weight excluding hydrogens is 353 g/mol. The zero-order chi connectivity index (χ0) is 18.1. The molecule has 0 fully saturated rings. The van der Waals surface area contributed by atoms with E-state index in [1.165, 1.54) is 4.90 Å². The van der Waals surface area contributed by atoms with E-state index in [-0.39, 0.29) is 11.0 Å². The highest BCUT2D eigenvalue weighted by Crippen LogP contribution is 2.32. The molecule has 26 heavy (non-hydrogen) atoms. The van der Waals surface area contributed by atoms with Crippen molar-refractivity contribution in [3.63, 3.8) is 0 Å². The van der Waals surface area contributed by atoms with Crippen LogP contribution in [0.5, 0.6) is 0 Å². The Balaban J connectivity index is 1.68. The number of carbonyl (C=O) groups excluding carboxylic acids is 2. The van der Waals surface area contributed by atoms with Crippen LogP contribution in [0, 0.1) is 5.13 Å². The number of benzene rings is 2. The topological polar surface area (TPSA) is 62.3 Å². The summed E-state index contributed by atoms with van der Waals surface area (Å²) in [7, 11) is 0. The van der Waals surface area contributed by atoms with E-state index < -0.39 is 17.1 Å². The summed E-state index contributed by atoms with van der Waals surface area (Å²) in [6.07, 6.45) is 1.05. The van der Waals surface area contributed by atoms with Gasteiger partial charge in [0.1, 0.15) is 6.04 Å². The molecule has 1 aliphatic rings. The number of hydrogen-bond donors (Lipinski definition) is 1. The van der Waals surface area contributed by atoms with Crippen molar-refractivity contribution in [1.82, 2.24) is 9.88 Å². The van der Waals surface area contributed by atoms with Gasteiger partial charge in [0.2, 0.25) is 0 Å². The molecule has 1 aromatic heterocycles.